The molecule has 0 radical (unpaired) electrons. The number of anilines is 2. The molecule has 2 rings (SSSR count). The number of aliphatic carboxylic acids is 1. The number of carbonyl (C=O) groups excluding carboxylic acids is 1. The molecule has 0 saturated heterocycles. The molecule has 0 aliphatic rings. The number of urea groups is 1. The van der Waals surface area contributed by atoms with Crippen LogP contribution in [0.25, 0.3) is 0 Å². The van der Waals surface area contributed by atoms with Crippen molar-refractivity contribution in [1.29, 1.82) is 0 Å². The summed E-state index contributed by atoms with van der Waals surface area (Å²) in [7, 11) is 0. The molecule has 0 fully saturated rings. The van der Waals surface area contributed by atoms with E-state index in [1.165, 1.54) is 16.2 Å². The number of amides is 2. The summed E-state index contributed by atoms with van der Waals surface area (Å²) in [6.45, 7) is 1.54. The number of rotatable bonds is 4. The van der Waals surface area contributed by atoms with E-state index in [0.29, 0.717) is 11.4 Å². The Hall–Kier alpha value is -2.34. The second-order valence-electron chi connectivity index (χ2n) is 4.26. The number of nitrogens with one attached hydrogen (secondary N) is 1. The van der Waals surface area contributed by atoms with Crippen LogP contribution in [0.1, 0.15) is 5.56 Å². The van der Waals surface area contributed by atoms with Crippen LogP contribution in [0.2, 0.25) is 0 Å². The fraction of sp³-hybridized carbons (Fsp3) is 0.143. The van der Waals surface area contributed by atoms with Crippen LogP contribution in [-0.4, -0.2) is 23.7 Å². The van der Waals surface area contributed by atoms with Gasteiger partial charge >= 0.3 is 12.0 Å². The Morgan fingerprint density at radius 2 is 1.95 bits per heavy atom. The zero-order valence-electron chi connectivity index (χ0n) is 10.9. The normalized spacial score (nSPS) is 10.1. The number of aryl methyl sites for hydroxylation is 1. The molecule has 2 N–H and O–H groups in total. The maximum absolute atomic E-state index is 12.2. The molecule has 0 saturated carbocycles. The predicted molar refractivity (Wildman–Crippen MR) is 79.5 cm³/mol. The van der Waals surface area contributed by atoms with Gasteiger partial charge in [0.05, 0.1) is 5.69 Å². The Labute approximate surface area is 120 Å². The molecule has 0 unspecified atom stereocenters. The minimum atomic E-state index is -1.06. The fourth-order valence-corrected chi connectivity index (χ4v) is 2.25. The minimum absolute atomic E-state index is 0.390. The van der Waals surface area contributed by atoms with Gasteiger partial charge in [-0.25, -0.2) is 4.79 Å². The lowest BCUT2D eigenvalue weighted by Crippen LogP contribution is -2.38. The van der Waals surface area contributed by atoms with Crippen molar-refractivity contribution < 1.29 is 14.7 Å². The van der Waals surface area contributed by atoms with Crippen LogP contribution in [0, 0.1) is 6.92 Å². The van der Waals surface area contributed by atoms with Gasteiger partial charge in [-0.05, 0) is 30.5 Å². The lowest BCUT2D eigenvalue weighted by molar-refractivity contribution is -0.135. The van der Waals surface area contributed by atoms with Crippen molar-refractivity contribution in [3.05, 3.63) is 46.7 Å². The average Bonchev–Trinajstić information content (AvgIpc) is 2.89. The number of carboxylic acid groups (broad SMARTS) is 1. The van der Waals surface area contributed by atoms with E-state index >= 15 is 0 Å². The van der Waals surface area contributed by atoms with E-state index in [-0.39, 0.29) is 6.54 Å². The Kier molecular flexibility index (Phi) is 4.37. The molecule has 5 nitrogen and oxygen atoms in total. The number of carbonyl (C=O) groups is 2. The van der Waals surface area contributed by atoms with Gasteiger partial charge in [-0.2, -0.15) is 11.3 Å². The van der Waals surface area contributed by atoms with Crippen molar-refractivity contribution in [2.75, 3.05) is 16.8 Å². The molecule has 1 aromatic carbocycles. The first kappa shape index (κ1) is 14.1. The monoisotopic (exact) mass is 290 g/mol. The first-order valence-corrected chi connectivity index (χ1v) is 6.90. The highest BCUT2D eigenvalue weighted by molar-refractivity contribution is 7.08. The summed E-state index contributed by atoms with van der Waals surface area (Å²) < 4.78 is 0. The highest BCUT2D eigenvalue weighted by Gasteiger charge is 2.18. The second-order valence-corrected chi connectivity index (χ2v) is 5.04. The van der Waals surface area contributed by atoms with E-state index in [1.807, 2.05) is 24.4 Å². The number of hydrogen-bond donors (Lipinski definition) is 2. The first-order chi connectivity index (χ1) is 9.56. The van der Waals surface area contributed by atoms with Crippen molar-refractivity contribution in [3.8, 4) is 0 Å². The molecule has 2 aromatic rings. The summed E-state index contributed by atoms with van der Waals surface area (Å²) in [5.41, 5.74) is 2.25. The largest absolute Gasteiger partial charge is 0.480 e. The molecule has 0 bridgehead atoms. The van der Waals surface area contributed by atoms with E-state index in [4.69, 9.17) is 5.11 Å². The topological polar surface area (TPSA) is 69.6 Å². The van der Waals surface area contributed by atoms with Gasteiger partial charge in [-0.1, -0.05) is 17.7 Å². The molecule has 1 heterocycles. The number of benzene rings is 1. The van der Waals surface area contributed by atoms with Gasteiger partial charge in [0.1, 0.15) is 6.54 Å². The third-order valence-electron chi connectivity index (χ3n) is 2.66. The van der Waals surface area contributed by atoms with Crippen LogP contribution in [0.4, 0.5) is 16.2 Å². The van der Waals surface area contributed by atoms with E-state index in [0.717, 1.165) is 5.56 Å². The summed E-state index contributed by atoms with van der Waals surface area (Å²) >= 11 is 1.46. The van der Waals surface area contributed by atoms with Gasteiger partial charge in [0.2, 0.25) is 0 Å². The lowest BCUT2D eigenvalue weighted by atomic mass is 10.2. The minimum Gasteiger partial charge on any atom is -0.480 e. The predicted octanol–water partition coefficient (Wildman–Crippen LogP) is 3.18. The van der Waals surface area contributed by atoms with Gasteiger partial charge in [0.15, 0.2) is 0 Å². The zero-order chi connectivity index (χ0) is 14.5. The van der Waals surface area contributed by atoms with Crippen molar-refractivity contribution in [2.45, 2.75) is 6.92 Å². The van der Waals surface area contributed by atoms with Gasteiger partial charge in [-0.3, -0.25) is 9.69 Å². The van der Waals surface area contributed by atoms with Crippen LogP contribution in [0.5, 0.6) is 0 Å². The SMILES string of the molecule is Cc1ccc(N(CC(=O)O)C(=O)Nc2ccsc2)cc1. The van der Waals surface area contributed by atoms with E-state index < -0.39 is 12.0 Å². The second kappa shape index (κ2) is 6.21. The van der Waals surface area contributed by atoms with Gasteiger partial charge in [0.25, 0.3) is 0 Å². The summed E-state index contributed by atoms with van der Waals surface area (Å²) in [6, 6.07) is 8.42. The molecular formula is C14H14N2O3S. The summed E-state index contributed by atoms with van der Waals surface area (Å²) in [5, 5.41) is 15.2. The number of thiophene rings is 1. The quantitative estimate of drug-likeness (QED) is 0.908. The molecular weight excluding hydrogens is 276 g/mol. The Morgan fingerprint density at radius 3 is 2.50 bits per heavy atom. The highest BCUT2D eigenvalue weighted by atomic mass is 32.1. The van der Waals surface area contributed by atoms with Crippen molar-refractivity contribution >= 4 is 34.7 Å². The lowest BCUT2D eigenvalue weighted by Gasteiger charge is -2.21. The van der Waals surface area contributed by atoms with Gasteiger partial charge in [0, 0.05) is 11.1 Å². The van der Waals surface area contributed by atoms with E-state index in [1.54, 1.807) is 23.6 Å². The Balaban J connectivity index is 2.20. The Bertz CT molecular complexity index is 593. The van der Waals surface area contributed by atoms with Crippen LogP contribution >= 0.6 is 11.3 Å². The van der Waals surface area contributed by atoms with Crippen molar-refractivity contribution in [2.24, 2.45) is 0 Å². The Morgan fingerprint density at radius 1 is 1.25 bits per heavy atom. The zero-order valence-corrected chi connectivity index (χ0v) is 11.7. The fourth-order valence-electron chi connectivity index (χ4n) is 1.67. The van der Waals surface area contributed by atoms with E-state index in [9.17, 15) is 9.59 Å². The summed E-state index contributed by atoms with van der Waals surface area (Å²) in [4.78, 5) is 24.3. The van der Waals surface area contributed by atoms with E-state index in [2.05, 4.69) is 5.32 Å². The molecule has 2 amide bonds. The van der Waals surface area contributed by atoms with Gasteiger partial charge in [-0.15, -0.1) is 0 Å². The van der Waals surface area contributed by atoms with Crippen LogP contribution in [0.3, 0.4) is 0 Å². The third-order valence-corrected chi connectivity index (χ3v) is 3.34. The molecule has 0 atom stereocenters. The van der Waals surface area contributed by atoms with Crippen molar-refractivity contribution in [3.63, 3.8) is 0 Å². The smallest absolute Gasteiger partial charge is 0.326 e. The third kappa shape index (κ3) is 3.58. The van der Waals surface area contributed by atoms with Crippen LogP contribution in [-0.2, 0) is 4.79 Å². The number of hydrogen-bond acceptors (Lipinski definition) is 3. The molecule has 0 aliphatic carbocycles. The molecule has 1 aromatic heterocycles. The maximum Gasteiger partial charge on any atom is 0.326 e. The van der Waals surface area contributed by atoms with Crippen molar-refractivity contribution in [1.82, 2.24) is 0 Å². The molecule has 0 aliphatic heterocycles. The van der Waals surface area contributed by atoms with Crippen LogP contribution < -0.4 is 10.2 Å². The van der Waals surface area contributed by atoms with Crippen LogP contribution in [0.15, 0.2) is 41.1 Å². The number of nitrogens with zero attached hydrogens (tertiary/aromatic N) is 1. The molecule has 20 heavy (non-hydrogen) atoms. The molecule has 6 heteroatoms. The average molecular weight is 290 g/mol. The summed E-state index contributed by atoms with van der Waals surface area (Å²) in [5.74, 6) is -1.06. The number of carboxylic acids is 1. The maximum atomic E-state index is 12.2. The molecule has 104 valence electrons. The standard InChI is InChI=1S/C14H14N2O3S/c1-10-2-4-12(5-3-10)16(8-13(17)18)14(19)15-11-6-7-20-9-11/h2-7,9H,8H2,1H3,(H,15,19)(H,17,18). The van der Waals surface area contributed by atoms with Gasteiger partial charge < -0.3 is 10.4 Å². The molecule has 0 spiro atoms. The summed E-state index contributed by atoms with van der Waals surface area (Å²) in [6.07, 6.45) is 0. The first-order valence-electron chi connectivity index (χ1n) is 5.95. The highest BCUT2D eigenvalue weighted by Crippen LogP contribution is 2.18.